The van der Waals surface area contributed by atoms with Crippen LogP contribution in [0.3, 0.4) is 0 Å². The molecule has 0 aliphatic carbocycles. The first-order chi connectivity index (χ1) is 20.1. The van der Waals surface area contributed by atoms with Gasteiger partial charge in [-0.1, -0.05) is 77.3 Å². The highest BCUT2D eigenvalue weighted by atomic mass is 35.5. The maximum atomic E-state index is 14.0. The van der Waals surface area contributed by atoms with Crippen LogP contribution in [0.25, 0.3) is 0 Å². The van der Waals surface area contributed by atoms with Crippen molar-refractivity contribution in [2.24, 2.45) is 0 Å². The van der Waals surface area contributed by atoms with Crippen LogP contribution in [0.15, 0.2) is 66.7 Å². The van der Waals surface area contributed by atoms with Gasteiger partial charge in [-0.3, -0.25) is 13.9 Å². The van der Waals surface area contributed by atoms with E-state index in [1.165, 1.54) is 9.21 Å². The standard InChI is InChI=1S/C32H38Cl3N3O4S/c1-22-25(33)14-10-17-28(22)38(43(5,41)42)19-11-18-30(39)37(21-24-26(34)15-9-16-27(24)35)29(31(40)36-32(2,3)4)20-23-12-7-6-8-13-23/h6-10,12-17,29H,11,18-21H2,1-5H3,(H,36,40)/t29-/m0/s1. The van der Waals surface area contributed by atoms with Crippen LogP contribution in [-0.2, 0) is 32.6 Å². The largest absolute Gasteiger partial charge is 0.350 e. The Morgan fingerprint density at radius 1 is 0.884 bits per heavy atom. The Morgan fingerprint density at radius 2 is 1.47 bits per heavy atom. The number of hydrogen-bond acceptors (Lipinski definition) is 4. The Kier molecular flexibility index (Phi) is 11.9. The van der Waals surface area contributed by atoms with Crippen LogP contribution in [0.2, 0.25) is 15.1 Å². The van der Waals surface area contributed by atoms with Crippen LogP contribution in [0.1, 0.15) is 50.3 Å². The molecular weight excluding hydrogens is 629 g/mol. The molecule has 43 heavy (non-hydrogen) atoms. The van der Waals surface area contributed by atoms with Gasteiger partial charge in [-0.25, -0.2) is 8.42 Å². The predicted molar refractivity (Wildman–Crippen MR) is 176 cm³/mol. The number of anilines is 1. The van der Waals surface area contributed by atoms with Gasteiger partial charge in [0, 0.05) is 52.1 Å². The molecule has 0 aliphatic rings. The van der Waals surface area contributed by atoms with Gasteiger partial charge in [-0.15, -0.1) is 0 Å². The lowest BCUT2D eigenvalue weighted by molar-refractivity contribution is -0.142. The highest BCUT2D eigenvalue weighted by Crippen LogP contribution is 2.30. The number of halogens is 3. The molecule has 0 heterocycles. The summed E-state index contributed by atoms with van der Waals surface area (Å²) in [5.41, 5.74) is 1.92. The minimum absolute atomic E-state index is 0.00437. The van der Waals surface area contributed by atoms with Gasteiger partial charge in [-0.2, -0.15) is 0 Å². The monoisotopic (exact) mass is 665 g/mol. The normalized spacial score (nSPS) is 12.5. The summed E-state index contributed by atoms with van der Waals surface area (Å²) < 4.78 is 26.8. The molecule has 232 valence electrons. The first kappa shape index (κ1) is 34.7. The molecule has 0 radical (unpaired) electrons. The van der Waals surface area contributed by atoms with Crippen molar-refractivity contribution < 1.29 is 18.0 Å². The first-order valence-electron chi connectivity index (χ1n) is 13.9. The van der Waals surface area contributed by atoms with Gasteiger partial charge in [0.05, 0.1) is 11.9 Å². The lowest BCUT2D eigenvalue weighted by atomic mass is 10.00. The molecule has 11 heteroatoms. The van der Waals surface area contributed by atoms with Crippen molar-refractivity contribution in [3.63, 3.8) is 0 Å². The molecule has 0 saturated heterocycles. The molecule has 0 saturated carbocycles. The summed E-state index contributed by atoms with van der Waals surface area (Å²) in [6.45, 7) is 7.41. The highest BCUT2D eigenvalue weighted by molar-refractivity contribution is 7.92. The Bertz CT molecular complexity index is 1520. The van der Waals surface area contributed by atoms with Gasteiger partial charge in [-0.05, 0) is 69.5 Å². The van der Waals surface area contributed by atoms with Crippen molar-refractivity contribution in [3.8, 4) is 0 Å². The average Bonchev–Trinajstić information content (AvgIpc) is 2.91. The van der Waals surface area contributed by atoms with Gasteiger partial charge >= 0.3 is 0 Å². The van der Waals surface area contributed by atoms with Crippen molar-refractivity contribution in [2.75, 3.05) is 17.1 Å². The van der Waals surface area contributed by atoms with Crippen molar-refractivity contribution in [2.45, 2.75) is 65.1 Å². The van der Waals surface area contributed by atoms with E-state index in [1.54, 1.807) is 43.3 Å². The number of rotatable bonds is 12. The first-order valence-corrected chi connectivity index (χ1v) is 16.9. The number of benzene rings is 3. The molecule has 1 N–H and O–H groups in total. The number of nitrogens with zero attached hydrogens (tertiary/aromatic N) is 2. The number of hydrogen-bond donors (Lipinski definition) is 1. The van der Waals surface area contributed by atoms with Crippen molar-refractivity contribution in [1.29, 1.82) is 0 Å². The molecule has 3 aromatic rings. The quantitative estimate of drug-likeness (QED) is 0.224. The predicted octanol–water partition coefficient (Wildman–Crippen LogP) is 7.06. The fourth-order valence-corrected chi connectivity index (χ4v) is 6.41. The molecule has 0 spiro atoms. The van der Waals surface area contributed by atoms with E-state index < -0.39 is 21.6 Å². The van der Waals surface area contributed by atoms with E-state index in [0.29, 0.717) is 31.9 Å². The van der Waals surface area contributed by atoms with E-state index in [0.717, 1.165) is 11.8 Å². The maximum Gasteiger partial charge on any atom is 0.243 e. The molecule has 2 amide bonds. The third kappa shape index (κ3) is 9.86. The summed E-state index contributed by atoms with van der Waals surface area (Å²) >= 11 is 19.3. The zero-order chi connectivity index (χ0) is 31.9. The molecule has 3 rings (SSSR count). The summed E-state index contributed by atoms with van der Waals surface area (Å²) in [6.07, 6.45) is 1.55. The molecule has 0 fully saturated rings. The zero-order valence-electron chi connectivity index (χ0n) is 25.0. The van der Waals surface area contributed by atoms with Crippen LogP contribution in [0.5, 0.6) is 0 Å². The van der Waals surface area contributed by atoms with Crippen LogP contribution < -0.4 is 9.62 Å². The Morgan fingerprint density at radius 3 is 2.05 bits per heavy atom. The van der Waals surface area contributed by atoms with Gasteiger partial charge in [0.25, 0.3) is 0 Å². The van der Waals surface area contributed by atoms with Crippen LogP contribution >= 0.6 is 34.8 Å². The summed E-state index contributed by atoms with van der Waals surface area (Å²) in [7, 11) is -3.68. The number of sulfonamides is 1. The fourth-order valence-electron chi connectivity index (χ4n) is 4.71. The second kappa shape index (κ2) is 14.8. The second-order valence-corrected chi connectivity index (χ2v) is 14.6. The maximum absolute atomic E-state index is 14.0. The topological polar surface area (TPSA) is 86.8 Å². The summed E-state index contributed by atoms with van der Waals surface area (Å²) in [5.74, 6) is -0.655. The SMILES string of the molecule is Cc1c(Cl)cccc1N(CCCC(=O)N(Cc1c(Cl)cccc1Cl)[C@@H](Cc1ccccc1)C(=O)NC(C)(C)C)S(C)(=O)=O. The van der Waals surface area contributed by atoms with Gasteiger partial charge in [0.15, 0.2) is 0 Å². The van der Waals surface area contributed by atoms with Gasteiger partial charge < -0.3 is 10.2 Å². The Hall–Kier alpha value is -2.78. The Labute approximate surface area is 270 Å². The van der Waals surface area contributed by atoms with E-state index in [1.807, 2.05) is 51.1 Å². The summed E-state index contributed by atoms with van der Waals surface area (Å²) in [6, 6.07) is 18.7. The van der Waals surface area contributed by atoms with E-state index in [9.17, 15) is 18.0 Å². The highest BCUT2D eigenvalue weighted by Gasteiger charge is 2.33. The number of carbonyl (C=O) groups is 2. The Balaban J connectivity index is 1.97. The molecule has 0 unspecified atom stereocenters. The molecular formula is C32H38Cl3N3O4S. The smallest absolute Gasteiger partial charge is 0.243 e. The number of carbonyl (C=O) groups excluding carboxylic acids is 2. The molecule has 0 aromatic heterocycles. The fraction of sp³-hybridized carbons (Fsp3) is 0.375. The minimum Gasteiger partial charge on any atom is -0.350 e. The van der Waals surface area contributed by atoms with Crippen LogP contribution in [0.4, 0.5) is 5.69 Å². The minimum atomic E-state index is -3.68. The van der Waals surface area contributed by atoms with E-state index in [4.69, 9.17) is 34.8 Å². The van der Waals surface area contributed by atoms with E-state index in [2.05, 4.69) is 5.32 Å². The van der Waals surface area contributed by atoms with E-state index >= 15 is 0 Å². The van der Waals surface area contributed by atoms with Gasteiger partial charge in [0.1, 0.15) is 6.04 Å². The molecule has 3 aromatic carbocycles. The number of nitrogens with one attached hydrogen (secondary N) is 1. The zero-order valence-corrected chi connectivity index (χ0v) is 28.1. The molecule has 1 atom stereocenters. The van der Waals surface area contributed by atoms with Crippen LogP contribution in [0, 0.1) is 6.92 Å². The second-order valence-electron chi connectivity index (χ2n) is 11.5. The van der Waals surface area contributed by atoms with Crippen molar-refractivity contribution >= 4 is 62.3 Å². The lowest BCUT2D eigenvalue weighted by Gasteiger charge is -2.34. The van der Waals surface area contributed by atoms with Crippen molar-refractivity contribution in [1.82, 2.24) is 10.2 Å². The van der Waals surface area contributed by atoms with E-state index in [-0.39, 0.29) is 44.2 Å². The third-order valence-electron chi connectivity index (χ3n) is 6.82. The summed E-state index contributed by atoms with van der Waals surface area (Å²) in [5, 5.41) is 4.21. The molecule has 7 nitrogen and oxygen atoms in total. The van der Waals surface area contributed by atoms with Crippen LogP contribution in [-0.4, -0.2) is 49.5 Å². The summed E-state index contributed by atoms with van der Waals surface area (Å²) in [4.78, 5) is 29.3. The third-order valence-corrected chi connectivity index (χ3v) is 9.12. The molecule has 0 bridgehead atoms. The van der Waals surface area contributed by atoms with Gasteiger partial charge in [0.2, 0.25) is 21.8 Å². The average molecular weight is 667 g/mol. The number of amides is 2. The molecule has 0 aliphatic heterocycles. The lowest BCUT2D eigenvalue weighted by Crippen LogP contribution is -2.54. The van der Waals surface area contributed by atoms with Crippen molar-refractivity contribution in [3.05, 3.63) is 98.5 Å².